The number of carbonyl (C=O) groups is 4. The molecule has 262 valence electrons. The molecule has 1 aliphatic carbocycles. The van der Waals surface area contributed by atoms with Crippen LogP contribution >= 0.6 is 0 Å². The molecule has 1 unspecified atom stereocenters. The molecular weight excluding hydrogens is 620 g/mol. The van der Waals surface area contributed by atoms with E-state index in [2.05, 4.69) is 25.8 Å². The van der Waals surface area contributed by atoms with Crippen molar-refractivity contribution < 1.29 is 24.3 Å². The van der Waals surface area contributed by atoms with Crippen molar-refractivity contribution in [3.05, 3.63) is 78.0 Å². The van der Waals surface area contributed by atoms with Gasteiger partial charge in [-0.25, -0.2) is 4.98 Å². The summed E-state index contributed by atoms with van der Waals surface area (Å²) < 4.78 is 0. The molecule has 11 heteroatoms. The van der Waals surface area contributed by atoms with E-state index in [0.29, 0.717) is 24.4 Å². The van der Waals surface area contributed by atoms with Gasteiger partial charge in [-0.05, 0) is 76.6 Å². The highest BCUT2D eigenvalue weighted by atomic mass is 16.3. The Bertz CT molecular complexity index is 1640. The second-order valence-electron chi connectivity index (χ2n) is 14.8. The lowest BCUT2D eigenvalue weighted by Crippen LogP contribution is -2.61. The Morgan fingerprint density at radius 1 is 1.00 bits per heavy atom. The van der Waals surface area contributed by atoms with E-state index < -0.39 is 47.7 Å². The summed E-state index contributed by atoms with van der Waals surface area (Å²) in [4.78, 5) is 59.1. The quantitative estimate of drug-likeness (QED) is 0.208. The molecule has 5 rings (SSSR count). The van der Waals surface area contributed by atoms with Crippen molar-refractivity contribution in [2.24, 2.45) is 17.1 Å². The fraction of sp³-hybridized carbons (Fsp3) is 0.500. The third-order valence-electron chi connectivity index (χ3n) is 9.81. The van der Waals surface area contributed by atoms with E-state index in [0.717, 1.165) is 49.6 Å². The molecule has 49 heavy (non-hydrogen) atoms. The molecule has 2 aliphatic rings. The number of para-hydroxylation sites is 1. The first-order valence-corrected chi connectivity index (χ1v) is 17.4. The number of rotatable bonds is 11. The van der Waals surface area contributed by atoms with Gasteiger partial charge in [-0.1, -0.05) is 67.4 Å². The van der Waals surface area contributed by atoms with E-state index in [1.807, 2.05) is 69.3 Å². The summed E-state index contributed by atoms with van der Waals surface area (Å²) in [5.74, 6) is -1.63. The lowest BCUT2D eigenvalue weighted by atomic mass is 9.62. The average molecular weight is 671 g/mol. The van der Waals surface area contributed by atoms with Crippen molar-refractivity contribution in [1.82, 2.24) is 25.8 Å². The predicted octanol–water partition coefficient (Wildman–Crippen LogP) is 3.09. The predicted molar refractivity (Wildman–Crippen MR) is 188 cm³/mol. The number of hydrogen-bond donors (Lipinski definition) is 5. The number of aromatic nitrogens is 1. The third kappa shape index (κ3) is 9.29. The first-order chi connectivity index (χ1) is 23.3. The Morgan fingerprint density at radius 3 is 2.49 bits per heavy atom. The van der Waals surface area contributed by atoms with Crippen LogP contribution in [0.2, 0.25) is 0 Å². The summed E-state index contributed by atoms with van der Waals surface area (Å²) >= 11 is 0. The molecule has 5 atom stereocenters. The number of hydrogen-bond acceptors (Lipinski definition) is 8. The second kappa shape index (κ2) is 15.6. The molecule has 0 spiro atoms. The minimum atomic E-state index is -1.26. The number of pyridine rings is 1. The number of likely N-dealkylation sites (tertiary alicyclic amines) is 1. The molecule has 1 saturated heterocycles. The smallest absolute Gasteiger partial charge is 0.276 e. The van der Waals surface area contributed by atoms with E-state index in [9.17, 15) is 24.3 Å². The SMILES string of the molecule is CC(C)(C)NC(=O)[C@@]12CCCC[C@H]1CCN(C[C@@H](O)[C@H](Cc1ccccc1)NC(=O)C(N)CC(=O)NC(=O)c1ccc3ccccc3n1)C2. The third-order valence-corrected chi connectivity index (χ3v) is 9.81. The molecule has 2 fully saturated rings. The maximum absolute atomic E-state index is 13.8. The van der Waals surface area contributed by atoms with Crippen molar-refractivity contribution in [1.29, 1.82) is 0 Å². The van der Waals surface area contributed by atoms with Gasteiger partial charge in [0, 0.05) is 24.0 Å². The number of carbonyl (C=O) groups excluding carboxylic acids is 4. The normalized spacial score (nSPS) is 21.5. The van der Waals surface area contributed by atoms with Gasteiger partial charge in [0.2, 0.25) is 17.7 Å². The highest BCUT2D eigenvalue weighted by Gasteiger charge is 2.51. The summed E-state index contributed by atoms with van der Waals surface area (Å²) in [5.41, 5.74) is 6.91. The molecule has 4 amide bonds. The van der Waals surface area contributed by atoms with Crippen molar-refractivity contribution in [2.45, 2.75) is 89.4 Å². The highest BCUT2D eigenvalue weighted by molar-refractivity contribution is 6.05. The van der Waals surface area contributed by atoms with Crippen LogP contribution in [0.1, 0.15) is 75.3 Å². The van der Waals surface area contributed by atoms with Crippen molar-refractivity contribution >= 4 is 34.5 Å². The van der Waals surface area contributed by atoms with Gasteiger partial charge in [-0.15, -0.1) is 0 Å². The molecule has 1 aromatic heterocycles. The number of nitrogens with zero attached hydrogens (tertiary/aromatic N) is 2. The largest absolute Gasteiger partial charge is 0.390 e. The number of benzene rings is 2. The zero-order valence-electron chi connectivity index (χ0n) is 28.8. The first-order valence-electron chi connectivity index (χ1n) is 17.4. The van der Waals surface area contributed by atoms with Gasteiger partial charge in [0.05, 0.1) is 35.5 Å². The Morgan fingerprint density at radius 2 is 1.73 bits per heavy atom. The van der Waals surface area contributed by atoms with E-state index in [4.69, 9.17) is 5.73 Å². The number of imide groups is 1. The number of nitrogens with one attached hydrogen (secondary N) is 3. The van der Waals surface area contributed by atoms with Crippen LogP contribution in [-0.2, 0) is 20.8 Å². The highest BCUT2D eigenvalue weighted by Crippen LogP contribution is 2.47. The number of piperidine rings is 1. The van der Waals surface area contributed by atoms with Crippen molar-refractivity contribution in [3.63, 3.8) is 0 Å². The van der Waals surface area contributed by atoms with Crippen LogP contribution in [0.15, 0.2) is 66.7 Å². The number of β-amino-alcohol motifs (C(OH)–C–C–N with tert-alkyl or cyclic N) is 1. The number of amides is 4. The molecular formula is C38H50N6O5. The van der Waals surface area contributed by atoms with Gasteiger partial charge in [-0.3, -0.25) is 29.4 Å². The molecule has 0 radical (unpaired) electrons. The zero-order valence-corrected chi connectivity index (χ0v) is 28.8. The van der Waals surface area contributed by atoms with E-state index in [1.165, 1.54) is 6.07 Å². The van der Waals surface area contributed by atoms with Crippen LogP contribution in [0.4, 0.5) is 0 Å². The molecule has 3 aromatic rings. The maximum Gasteiger partial charge on any atom is 0.276 e. The summed E-state index contributed by atoms with van der Waals surface area (Å²) in [7, 11) is 0. The number of nitrogens with two attached hydrogens (primary N) is 1. The van der Waals surface area contributed by atoms with Crippen LogP contribution in [0.5, 0.6) is 0 Å². The number of aliphatic hydroxyl groups excluding tert-OH is 1. The van der Waals surface area contributed by atoms with Gasteiger partial charge in [0.15, 0.2) is 0 Å². The van der Waals surface area contributed by atoms with Crippen LogP contribution < -0.4 is 21.7 Å². The van der Waals surface area contributed by atoms with Gasteiger partial charge >= 0.3 is 0 Å². The van der Waals surface area contributed by atoms with Crippen LogP contribution in [0, 0.1) is 11.3 Å². The summed E-state index contributed by atoms with van der Waals surface area (Å²) in [6.45, 7) is 7.54. The Hall–Kier alpha value is -4.19. The standard InChI is InChI=1S/C38H50N6O5/c1-37(2,3)43-36(49)38-19-10-9-14-27(38)18-20-44(24-38)23-32(45)31(21-25-11-5-4-6-12-25)41-34(47)28(39)22-33(46)42-35(48)30-17-16-26-13-7-8-15-29(26)40-30/h4-8,11-13,15-17,27-28,31-32,45H,9-10,14,18-24,39H2,1-3H3,(H,41,47)(H,43,49)(H,42,46,48)/t27-,28?,31-,32+,38+/m0/s1. The molecule has 1 aliphatic heterocycles. The fourth-order valence-electron chi connectivity index (χ4n) is 7.31. The maximum atomic E-state index is 13.8. The van der Waals surface area contributed by atoms with Crippen LogP contribution in [-0.4, -0.2) is 82.0 Å². The number of aliphatic hydroxyl groups is 1. The first kappa shape index (κ1) is 36.1. The van der Waals surface area contributed by atoms with E-state index in [1.54, 1.807) is 12.1 Å². The lowest BCUT2D eigenvalue weighted by molar-refractivity contribution is -0.144. The lowest BCUT2D eigenvalue weighted by Gasteiger charge is -2.51. The van der Waals surface area contributed by atoms with Gasteiger partial charge < -0.3 is 21.5 Å². The van der Waals surface area contributed by atoms with Crippen LogP contribution in [0.25, 0.3) is 10.9 Å². The molecule has 0 bridgehead atoms. The van der Waals surface area contributed by atoms with E-state index in [-0.39, 0.29) is 23.7 Å². The summed E-state index contributed by atoms with van der Waals surface area (Å²) in [5, 5.41) is 20.9. The Kier molecular flexibility index (Phi) is 11.5. The molecule has 2 heterocycles. The topological polar surface area (TPSA) is 167 Å². The summed E-state index contributed by atoms with van der Waals surface area (Å²) in [6, 6.07) is 18.2. The van der Waals surface area contributed by atoms with Crippen molar-refractivity contribution in [3.8, 4) is 0 Å². The van der Waals surface area contributed by atoms with Crippen LogP contribution in [0.3, 0.4) is 0 Å². The average Bonchev–Trinajstić information content (AvgIpc) is 3.07. The summed E-state index contributed by atoms with van der Waals surface area (Å²) in [6.07, 6.45) is 3.75. The Labute approximate surface area is 288 Å². The van der Waals surface area contributed by atoms with E-state index >= 15 is 0 Å². The zero-order chi connectivity index (χ0) is 35.2. The van der Waals surface area contributed by atoms with Gasteiger partial charge in [-0.2, -0.15) is 0 Å². The van der Waals surface area contributed by atoms with Gasteiger partial charge in [0.1, 0.15) is 5.69 Å². The second-order valence-corrected chi connectivity index (χ2v) is 14.8. The molecule has 1 saturated carbocycles. The fourth-order valence-corrected chi connectivity index (χ4v) is 7.31. The molecule has 6 N–H and O–H groups in total. The molecule has 11 nitrogen and oxygen atoms in total. The minimum absolute atomic E-state index is 0.0750. The minimum Gasteiger partial charge on any atom is -0.390 e. The van der Waals surface area contributed by atoms with Crippen molar-refractivity contribution in [2.75, 3.05) is 19.6 Å². The molecule has 2 aromatic carbocycles. The Balaban J connectivity index is 1.23. The van der Waals surface area contributed by atoms with Gasteiger partial charge in [0.25, 0.3) is 5.91 Å². The monoisotopic (exact) mass is 670 g/mol. The number of fused-ring (bicyclic) bond motifs is 2.